The monoisotopic (exact) mass is 250 g/mol. The Morgan fingerprint density at radius 2 is 2.28 bits per heavy atom. The molecule has 0 bridgehead atoms. The smallest absolute Gasteiger partial charge is 0.245 e. The van der Waals surface area contributed by atoms with E-state index in [9.17, 15) is 4.79 Å². The molecular formula is C13H22N4O. The number of amides is 1. The Labute approximate surface area is 108 Å². The maximum absolute atomic E-state index is 12.2. The van der Waals surface area contributed by atoms with Gasteiger partial charge in [-0.3, -0.25) is 9.89 Å². The molecule has 1 fully saturated rings. The molecule has 1 aliphatic heterocycles. The molecule has 2 heterocycles. The van der Waals surface area contributed by atoms with E-state index in [1.807, 2.05) is 13.0 Å². The summed E-state index contributed by atoms with van der Waals surface area (Å²) in [6.07, 6.45) is 3.11. The molecule has 5 heteroatoms. The summed E-state index contributed by atoms with van der Waals surface area (Å²) in [7, 11) is 0. The summed E-state index contributed by atoms with van der Waals surface area (Å²) in [6.45, 7) is 7.03. The van der Waals surface area contributed by atoms with Gasteiger partial charge in [-0.25, -0.2) is 0 Å². The van der Waals surface area contributed by atoms with E-state index in [4.69, 9.17) is 0 Å². The van der Waals surface area contributed by atoms with Gasteiger partial charge < -0.3 is 10.6 Å². The van der Waals surface area contributed by atoms with Gasteiger partial charge in [0, 0.05) is 11.8 Å². The molecule has 1 amide bonds. The number of aromatic amines is 1. The van der Waals surface area contributed by atoms with Crippen LogP contribution in [0.5, 0.6) is 0 Å². The molecule has 1 saturated heterocycles. The van der Waals surface area contributed by atoms with E-state index >= 15 is 0 Å². The summed E-state index contributed by atoms with van der Waals surface area (Å²) in [6, 6.07) is 1.90. The van der Waals surface area contributed by atoms with Gasteiger partial charge in [0.05, 0.1) is 5.54 Å². The molecule has 0 radical (unpaired) electrons. The zero-order valence-electron chi connectivity index (χ0n) is 11.3. The van der Waals surface area contributed by atoms with Gasteiger partial charge in [-0.1, -0.05) is 13.8 Å². The van der Waals surface area contributed by atoms with Gasteiger partial charge in [-0.2, -0.15) is 5.10 Å². The minimum absolute atomic E-state index is 0.00371. The highest BCUT2D eigenvalue weighted by atomic mass is 16.2. The molecule has 2 rings (SSSR count). The Morgan fingerprint density at radius 3 is 2.83 bits per heavy atom. The maximum Gasteiger partial charge on any atom is 0.245 e. The fraction of sp³-hybridized carbons (Fsp3) is 0.692. The highest BCUT2D eigenvalue weighted by Gasteiger charge is 2.34. The van der Waals surface area contributed by atoms with Crippen molar-refractivity contribution in [1.29, 1.82) is 0 Å². The Bertz CT molecular complexity index is 418. The number of nitrogens with zero attached hydrogens (tertiary/aromatic N) is 1. The number of hydrogen-bond acceptors (Lipinski definition) is 3. The lowest BCUT2D eigenvalue weighted by molar-refractivity contribution is -0.122. The van der Waals surface area contributed by atoms with Crippen LogP contribution in [0, 0.1) is 0 Å². The molecule has 1 atom stereocenters. The first-order valence-electron chi connectivity index (χ1n) is 6.63. The number of nitrogens with one attached hydrogen (secondary N) is 3. The molecule has 1 aliphatic rings. The van der Waals surface area contributed by atoms with Crippen LogP contribution in [0.4, 0.5) is 5.82 Å². The first kappa shape index (κ1) is 13.1. The SMILES string of the molecule is CC(C)c1cc(NC(=O)C2(C)CCCCN2)n[nH]1. The average molecular weight is 250 g/mol. The number of carbonyl (C=O) groups excluding carboxylic acids is 1. The molecule has 3 N–H and O–H groups in total. The van der Waals surface area contributed by atoms with E-state index in [-0.39, 0.29) is 5.91 Å². The van der Waals surface area contributed by atoms with Crippen molar-refractivity contribution in [2.75, 3.05) is 11.9 Å². The topological polar surface area (TPSA) is 69.8 Å². The number of hydrogen-bond donors (Lipinski definition) is 3. The fourth-order valence-electron chi connectivity index (χ4n) is 2.20. The number of carbonyl (C=O) groups is 1. The van der Waals surface area contributed by atoms with E-state index in [1.54, 1.807) is 0 Å². The largest absolute Gasteiger partial charge is 0.308 e. The third kappa shape index (κ3) is 2.72. The van der Waals surface area contributed by atoms with Crippen molar-refractivity contribution in [3.05, 3.63) is 11.8 Å². The van der Waals surface area contributed by atoms with E-state index in [0.717, 1.165) is 31.5 Å². The summed E-state index contributed by atoms with van der Waals surface area (Å²) < 4.78 is 0. The predicted molar refractivity (Wildman–Crippen MR) is 71.6 cm³/mol. The van der Waals surface area contributed by atoms with E-state index in [0.29, 0.717) is 11.7 Å². The predicted octanol–water partition coefficient (Wildman–Crippen LogP) is 2.00. The van der Waals surface area contributed by atoms with Gasteiger partial charge in [-0.05, 0) is 38.6 Å². The lowest BCUT2D eigenvalue weighted by Crippen LogP contribution is -2.54. The molecule has 0 aliphatic carbocycles. The Hall–Kier alpha value is -1.36. The zero-order valence-corrected chi connectivity index (χ0v) is 11.3. The van der Waals surface area contributed by atoms with E-state index in [2.05, 4.69) is 34.7 Å². The Kier molecular flexibility index (Phi) is 3.71. The lowest BCUT2D eigenvalue weighted by atomic mass is 9.90. The van der Waals surface area contributed by atoms with Crippen molar-refractivity contribution in [2.45, 2.75) is 51.5 Å². The van der Waals surface area contributed by atoms with Crippen molar-refractivity contribution in [2.24, 2.45) is 0 Å². The fourth-order valence-corrected chi connectivity index (χ4v) is 2.20. The van der Waals surface area contributed by atoms with Gasteiger partial charge in [-0.15, -0.1) is 0 Å². The van der Waals surface area contributed by atoms with Crippen molar-refractivity contribution < 1.29 is 4.79 Å². The summed E-state index contributed by atoms with van der Waals surface area (Å²) in [5, 5.41) is 13.2. The van der Waals surface area contributed by atoms with Gasteiger partial charge in [0.25, 0.3) is 0 Å². The Balaban J connectivity index is 2.01. The first-order chi connectivity index (χ1) is 8.51. The summed E-state index contributed by atoms with van der Waals surface area (Å²) in [5.41, 5.74) is 0.571. The van der Waals surface area contributed by atoms with Crippen LogP contribution >= 0.6 is 0 Å². The quantitative estimate of drug-likeness (QED) is 0.768. The number of anilines is 1. The molecule has 0 aromatic carbocycles. The molecule has 1 aromatic rings. The summed E-state index contributed by atoms with van der Waals surface area (Å²) >= 11 is 0. The normalized spacial score (nSPS) is 24.2. The second-order valence-electron chi connectivity index (χ2n) is 5.53. The minimum atomic E-state index is -0.463. The molecule has 1 unspecified atom stereocenters. The van der Waals surface area contributed by atoms with Crippen LogP contribution in [0.25, 0.3) is 0 Å². The van der Waals surface area contributed by atoms with Gasteiger partial charge >= 0.3 is 0 Å². The van der Waals surface area contributed by atoms with Crippen LogP contribution in [-0.2, 0) is 4.79 Å². The third-order valence-corrected chi connectivity index (χ3v) is 3.58. The molecular weight excluding hydrogens is 228 g/mol. The van der Waals surface area contributed by atoms with Crippen LogP contribution in [-0.4, -0.2) is 28.2 Å². The van der Waals surface area contributed by atoms with Crippen molar-refractivity contribution in [3.8, 4) is 0 Å². The van der Waals surface area contributed by atoms with E-state index in [1.165, 1.54) is 0 Å². The second-order valence-corrected chi connectivity index (χ2v) is 5.53. The third-order valence-electron chi connectivity index (χ3n) is 3.58. The highest BCUT2D eigenvalue weighted by Crippen LogP contribution is 2.21. The molecule has 1 aromatic heterocycles. The number of piperidine rings is 1. The van der Waals surface area contributed by atoms with Crippen molar-refractivity contribution >= 4 is 11.7 Å². The van der Waals surface area contributed by atoms with Crippen LogP contribution in [0.1, 0.15) is 51.6 Å². The minimum Gasteiger partial charge on any atom is -0.308 e. The second kappa shape index (κ2) is 5.10. The summed E-state index contributed by atoms with van der Waals surface area (Å²) in [5.74, 6) is 0.993. The van der Waals surface area contributed by atoms with Crippen molar-refractivity contribution in [1.82, 2.24) is 15.5 Å². The number of aromatic nitrogens is 2. The van der Waals surface area contributed by atoms with Crippen LogP contribution < -0.4 is 10.6 Å². The van der Waals surface area contributed by atoms with E-state index < -0.39 is 5.54 Å². The van der Waals surface area contributed by atoms with Crippen LogP contribution in [0.3, 0.4) is 0 Å². The van der Waals surface area contributed by atoms with Gasteiger partial charge in [0.1, 0.15) is 0 Å². The van der Waals surface area contributed by atoms with Crippen LogP contribution in [0.2, 0.25) is 0 Å². The lowest BCUT2D eigenvalue weighted by Gasteiger charge is -2.33. The maximum atomic E-state index is 12.2. The number of H-pyrrole nitrogens is 1. The number of rotatable bonds is 3. The highest BCUT2D eigenvalue weighted by molar-refractivity contribution is 5.97. The first-order valence-corrected chi connectivity index (χ1v) is 6.63. The molecule has 0 saturated carbocycles. The van der Waals surface area contributed by atoms with Crippen molar-refractivity contribution in [3.63, 3.8) is 0 Å². The molecule has 5 nitrogen and oxygen atoms in total. The zero-order chi connectivity index (χ0) is 13.2. The Morgan fingerprint density at radius 1 is 1.50 bits per heavy atom. The average Bonchev–Trinajstić information content (AvgIpc) is 2.78. The molecule has 100 valence electrons. The van der Waals surface area contributed by atoms with Crippen LogP contribution in [0.15, 0.2) is 6.07 Å². The summed E-state index contributed by atoms with van der Waals surface area (Å²) in [4.78, 5) is 12.2. The molecule has 0 spiro atoms. The standard InChI is InChI=1S/C13H22N4O/c1-9(2)10-8-11(17-16-10)15-12(18)13(3)6-4-5-7-14-13/h8-9,14H,4-7H2,1-3H3,(H2,15,16,17,18). The molecule has 18 heavy (non-hydrogen) atoms. The van der Waals surface area contributed by atoms with Gasteiger partial charge in [0.2, 0.25) is 5.91 Å². The van der Waals surface area contributed by atoms with Gasteiger partial charge in [0.15, 0.2) is 5.82 Å².